The van der Waals surface area contributed by atoms with Crippen LogP contribution in [0.2, 0.25) is 0 Å². The van der Waals surface area contributed by atoms with Gasteiger partial charge in [0.15, 0.2) is 6.23 Å². The van der Waals surface area contributed by atoms with Crippen molar-refractivity contribution < 1.29 is 19.3 Å². The third-order valence-electron chi connectivity index (χ3n) is 9.08. The first-order chi connectivity index (χ1) is 23.6. The molecule has 1 aromatic heterocycles. The molecular formula is C42H36N2O4. The van der Waals surface area contributed by atoms with E-state index >= 15 is 0 Å². The first-order valence-corrected chi connectivity index (χ1v) is 16.6. The van der Waals surface area contributed by atoms with Crippen molar-refractivity contribution in [3.63, 3.8) is 0 Å². The summed E-state index contributed by atoms with van der Waals surface area (Å²) in [6, 6.07) is 39.3. The molecule has 1 unspecified atom stereocenters. The third kappa shape index (κ3) is 4.97. The molecule has 0 bridgehead atoms. The number of aromatic nitrogens is 2. The molecule has 2 heterocycles. The number of aliphatic hydroxyl groups is 1. The number of rotatable bonds is 9. The van der Waals surface area contributed by atoms with Crippen molar-refractivity contribution in [3.8, 4) is 62.0 Å². The number of aliphatic hydroxyl groups excluding tert-OH is 1. The Bertz CT molecular complexity index is 2270. The van der Waals surface area contributed by atoms with Gasteiger partial charge in [-0.25, -0.2) is 4.98 Å². The first-order valence-electron chi connectivity index (χ1n) is 16.6. The molecule has 0 amide bonds. The number of nitrogens with zero attached hydrogens (tertiary/aromatic N) is 2. The Morgan fingerprint density at radius 3 is 1.71 bits per heavy atom. The van der Waals surface area contributed by atoms with Crippen LogP contribution in [0, 0.1) is 0 Å². The van der Waals surface area contributed by atoms with Gasteiger partial charge in [0.25, 0.3) is 0 Å². The monoisotopic (exact) mass is 632 g/mol. The highest BCUT2D eigenvalue weighted by Crippen LogP contribution is 2.47. The van der Waals surface area contributed by atoms with E-state index in [4.69, 9.17) is 19.2 Å². The Balaban J connectivity index is 1.34. The van der Waals surface area contributed by atoms with Gasteiger partial charge in [0, 0.05) is 22.1 Å². The average molecular weight is 633 g/mol. The fraction of sp³-hybridized carbons (Fsp3) is 0.167. The van der Waals surface area contributed by atoms with Crippen LogP contribution in [0.25, 0.3) is 66.6 Å². The van der Waals surface area contributed by atoms with Crippen LogP contribution in [0.15, 0.2) is 115 Å². The maximum absolute atomic E-state index is 12.2. The standard InChI is InChI=1S/C42H36N2O4/c1-4-46-30-16-10-26(11-17-30)29-24-37(28-14-20-32(21-15-28)48-6-3)40-38(25-29)44-41(43-40)35-23-22-33(27-12-18-31(19-13-27)47-5-2)34-8-7-9-36(39(34)35)42(44)45/h7-25,42,45H,4-6H2,1-3H3. The number of fused-ring (bicyclic) bond motifs is 4. The minimum Gasteiger partial charge on any atom is -0.494 e. The molecule has 0 fully saturated rings. The second kappa shape index (κ2) is 12.2. The molecule has 8 rings (SSSR count). The normalized spacial score (nSPS) is 13.5. The van der Waals surface area contributed by atoms with Crippen molar-refractivity contribution in [2.75, 3.05) is 19.8 Å². The molecule has 6 heteroatoms. The molecule has 238 valence electrons. The van der Waals surface area contributed by atoms with E-state index in [1.807, 2.05) is 73.9 Å². The van der Waals surface area contributed by atoms with Crippen molar-refractivity contribution in [2.45, 2.75) is 27.0 Å². The quantitative estimate of drug-likeness (QED) is 0.172. The summed E-state index contributed by atoms with van der Waals surface area (Å²) in [4.78, 5) is 5.31. The molecule has 48 heavy (non-hydrogen) atoms. The van der Waals surface area contributed by atoms with Crippen molar-refractivity contribution in [1.82, 2.24) is 9.55 Å². The SMILES string of the molecule is CCOc1ccc(-c2cc(-c3ccc(OCC)cc3)c3nc4n(c3c2)C(O)c2cccc3c(-c5ccc(OCC)cc5)ccc-4c23)cc1. The highest BCUT2D eigenvalue weighted by atomic mass is 16.5. The van der Waals surface area contributed by atoms with E-state index in [0.29, 0.717) is 19.8 Å². The Hall–Kier alpha value is -5.59. The van der Waals surface area contributed by atoms with Crippen molar-refractivity contribution >= 4 is 21.8 Å². The minimum atomic E-state index is -0.916. The number of benzene rings is 6. The molecule has 0 aliphatic carbocycles. The van der Waals surface area contributed by atoms with Crippen LogP contribution in [0.3, 0.4) is 0 Å². The van der Waals surface area contributed by atoms with E-state index in [2.05, 4.69) is 66.7 Å². The fourth-order valence-electron chi connectivity index (χ4n) is 6.95. The molecule has 0 saturated heterocycles. The van der Waals surface area contributed by atoms with Gasteiger partial charge in [-0.05, 0) is 109 Å². The second-order valence-electron chi connectivity index (χ2n) is 11.9. The lowest BCUT2D eigenvalue weighted by atomic mass is 9.89. The Morgan fingerprint density at radius 2 is 1.12 bits per heavy atom. The molecule has 1 aliphatic rings. The maximum Gasteiger partial charge on any atom is 0.159 e. The van der Waals surface area contributed by atoms with Gasteiger partial charge in [-0.2, -0.15) is 0 Å². The second-order valence-corrected chi connectivity index (χ2v) is 11.9. The lowest BCUT2D eigenvalue weighted by Gasteiger charge is -2.26. The fourth-order valence-corrected chi connectivity index (χ4v) is 6.95. The van der Waals surface area contributed by atoms with E-state index in [1.165, 1.54) is 0 Å². The average Bonchev–Trinajstić information content (AvgIpc) is 3.51. The molecule has 1 atom stereocenters. The van der Waals surface area contributed by atoms with Gasteiger partial charge in [-0.1, -0.05) is 60.7 Å². The summed E-state index contributed by atoms with van der Waals surface area (Å²) < 4.78 is 19.1. The summed E-state index contributed by atoms with van der Waals surface area (Å²) in [5, 5.41) is 14.3. The number of imidazole rings is 1. The van der Waals surface area contributed by atoms with Crippen LogP contribution < -0.4 is 14.2 Å². The molecule has 0 radical (unpaired) electrons. The minimum absolute atomic E-state index is 0.606. The smallest absolute Gasteiger partial charge is 0.159 e. The van der Waals surface area contributed by atoms with Crippen molar-refractivity contribution in [1.29, 1.82) is 0 Å². The number of ether oxygens (including phenoxy) is 3. The summed E-state index contributed by atoms with van der Waals surface area (Å²) in [7, 11) is 0. The topological polar surface area (TPSA) is 65.7 Å². The van der Waals surface area contributed by atoms with Gasteiger partial charge in [0.2, 0.25) is 0 Å². The lowest BCUT2D eigenvalue weighted by molar-refractivity contribution is 0.152. The summed E-state index contributed by atoms with van der Waals surface area (Å²) in [6.07, 6.45) is -0.916. The van der Waals surface area contributed by atoms with Gasteiger partial charge in [0.1, 0.15) is 23.1 Å². The summed E-state index contributed by atoms with van der Waals surface area (Å²) in [5.74, 6) is 3.25. The molecule has 1 aliphatic heterocycles. The number of hydrogen-bond donors (Lipinski definition) is 1. The lowest BCUT2D eigenvalue weighted by Crippen LogP contribution is -2.16. The molecule has 0 saturated carbocycles. The van der Waals surface area contributed by atoms with E-state index in [1.54, 1.807) is 0 Å². The predicted octanol–water partition coefficient (Wildman–Crippen LogP) is 9.91. The van der Waals surface area contributed by atoms with Gasteiger partial charge in [0.05, 0.1) is 30.9 Å². The van der Waals surface area contributed by atoms with Crippen LogP contribution in [0.4, 0.5) is 0 Å². The molecule has 7 aromatic rings. The first kappa shape index (κ1) is 29.8. The van der Waals surface area contributed by atoms with Crippen LogP contribution in [0.5, 0.6) is 17.2 Å². The van der Waals surface area contributed by atoms with Crippen LogP contribution in [0.1, 0.15) is 32.6 Å². The van der Waals surface area contributed by atoms with Gasteiger partial charge >= 0.3 is 0 Å². The molecule has 6 aromatic carbocycles. The molecule has 1 N–H and O–H groups in total. The number of hydrogen-bond acceptors (Lipinski definition) is 5. The van der Waals surface area contributed by atoms with Gasteiger partial charge < -0.3 is 19.3 Å². The van der Waals surface area contributed by atoms with Gasteiger partial charge in [-0.3, -0.25) is 4.57 Å². The Kier molecular flexibility index (Phi) is 7.58. The summed E-state index contributed by atoms with van der Waals surface area (Å²) in [6.45, 7) is 7.80. The highest BCUT2D eigenvalue weighted by Gasteiger charge is 2.30. The largest absolute Gasteiger partial charge is 0.494 e. The maximum atomic E-state index is 12.2. The van der Waals surface area contributed by atoms with Crippen LogP contribution in [-0.2, 0) is 0 Å². The van der Waals surface area contributed by atoms with E-state index in [9.17, 15) is 5.11 Å². The van der Waals surface area contributed by atoms with E-state index in [0.717, 1.165) is 89.4 Å². The van der Waals surface area contributed by atoms with Crippen LogP contribution >= 0.6 is 0 Å². The Labute approximate surface area is 279 Å². The Morgan fingerprint density at radius 1 is 0.583 bits per heavy atom. The molecule has 0 spiro atoms. The van der Waals surface area contributed by atoms with Crippen molar-refractivity contribution in [2.24, 2.45) is 0 Å². The molecule has 6 nitrogen and oxygen atoms in total. The van der Waals surface area contributed by atoms with Crippen molar-refractivity contribution in [3.05, 3.63) is 121 Å². The van der Waals surface area contributed by atoms with E-state index in [-0.39, 0.29) is 0 Å². The van der Waals surface area contributed by atoms with E-state index < -0.39 is 6.23 Å². The zero-order chi connectivity index (χ0) is 32.8. The van der Waals surface area contributed by atoms with Gasteiger partial charge in [-0.15, -0.1) is 0 Å². The zero-order valence-corrected chi connectivity index (χ0v) is 27.2. The highest BCUT2D eigenvalue weighted by molar-refractivity contribution is 6.09. The summed E-state index contributed by atoms with van der Waals surface area (Å²) >= 11 is 0. The summed E-state index contributed by atoms with van der Waals surface area (Å²) in [5.41, 5.74) is 9.83. The van der Waals surface area contributed by atoms with Crippen LogP contribution in [-0.4, -0.2) is 34.5 Å². The zero-order valence-electron chi connectivity index (χ0n) is 27.2. The predicted molar refractivity (Wildman–Crippen MR) is 193 cm³/mol. The third-order valence-corrected chi connectivity index (χ3v) is 9.08. The molecular weight excluding hydrogens is 596 g/mol.